The summed E-state index contributed by atoms with van der Waals surface area (Å²) in [6.45, 7) is 1.74. The molecule has 0 atom stereocenters. The van der Waals surface area contributed by atoms with E-state index in [4.69, 9.17) is 11.1 Å². The van der Waals surface area contributed by atoms with Crippen molar-refractivity contribution in [1.29, 1.82) is 5.41 Å². The average molecular weight is 388 g/mol. The number of nitrogens with zero attached hydrogens (tertiary/aromatic N) is 1. The second kappa shape index (κ2) is 10.7. The molecule has 0 bridgehead atoms. The van der Waals surface area contributed by atoms with Gasteiger partial charge in [-0.2, -0.15) is 0 Å². The minimum Gasteiger partial charge on any atom is -0.370 e. The number of hydrogen-bond donors (Lipinski definition) is 4. The third-order valence-electron chi connectivity index (χ3n) is 5.43. The summed E-state index contributed by atoms with van der Waals surface area (Å²) >= 11 is 0. The van der Waals surface area contributed by atoms with Crippen molar-refractivity contribution in [3.8, 4) is 0 Å². The summed E-state index contributed by atoms with van der Waals surface area (Å²) in [5, 5.41) is 12.8. The fourth-order valence-electron chi connectivity index (χ4n) is 3.77. The zero-order chi connectivity index (χ0) is 20.4. The van der Waals surface area contributed by atoms with E-state index in [0.29, 0.717) is 32.5 Å². The number of nitrogens with two attached hydrogens (primary N) is 1. The van der Waals surface area contributed by atoms with Gasteiger partial charge in [0.1, 0.15) is 5.41 Å². The molecule has 1 aliphatic rings. The molecular formula is C21H33N5O2. The predicted molar refractivity (Wildman–Crippen MR) is 111 cm³/mol. The lowest BCUT2D eigenvalue weighted by atomic mass is 9.83. The summed E-state index contributed by atoms with van der Waals surface area (Å²) in [5.74, 6) is -0.240. The van der Waals surface area contributed by atoms with Gasteiger partial charge in [0.2, 0.25) is 11.8 Å². The maximum absolute atomic E-state index is 13.2. The van der Waals surface area contributed by atoms with Crippen LogP contribution in [0.4, 0.5) is 0 Å². The number of amides is 2. The summed E-state index contributed by atoms with van der Waals surface area (Å²) < 4.78 is 0. The molecule has 1 aromatic rings. The quantitative estimate of drug-likeness (QED) is 0.212. The molecule has 1 aromatic carbocycles. The van der Waals surface area contributed by atoms with Crippen molar-refractivity contribution in [1.82, 2.24) is 15.5 Å². The molecule has 0 spiro atoms. The third kappa shape index (κ3) is 5.97. The SMILES string of the molecule is CN(CCc1ccccc1)C(=O)C1(C(=O)NCCCCNC(=N)N)CCCC1. The highest BCUT2D eigenvalue weighted by Crippen LogP contribution is 2.40. The van der Waals surface area contributed by atoms with Crippen LogP contribution in [0.2, 0.25) is 0 Å². The molecule has 0 heterocycles. The number of guanidine groups is 1. The normalized spacial score (nSPS) is 15.0. The molecule has 1 aliphatic carbocycles. The molecule has 28 heavy (non-hydrogen) atoms. The van der Waals surface area contributed by atoms with Crippen LogP contribution in [0.3, 0.4) is 0 Å². The fraction of sp³-hybridized carbons (Fsp3) is 0.571. The van der Waals surface area contributed by atoms with Crippen LogP contribution in [-0.2, 0) is 16.0 Å². The number of hydrogen-bond acceptors (Lipinski definition) is 3. The zero-order valence-corrected chi connectivity index (χ0v) is 16.8. The van der Waals surface area contributed by atoms with Gasteiger partial charge in [-0.3, -0.25) is 15.0 Å². The number of carbonyl (C=O) groups is 2. The minimum absolute atomic E-state index is 0.0434. The number of rotatable bonds is 10. The molecular weight excluding hydrogens is 354 g/mol. The van der Waals surface area contributed by atoms with Crippen molar-refractivity contribution in [2.75, 3.05) is 26.7 Å². The number of nitrogens with one attached hydrogen (secondary N) is 3. The van der Waals surface area contributed by atoms with Crippen LogP contribution in [-0.4, -0.2) is 49.4 Å². The number of carbonyl (C=O) groups excluding carboxylic acids is 2. The summed E-state index contributed by atoms with van der Waals surface area (Å²) in [6.07, 6.45) is 5.43. The second-order valence-corrected chi connectivity index (χ2v) is 7.55. The van der Waals surface area contributed by atoms with Gasteiger partial charge in [0.25, 0.3) is 0 Å². The molecule has 1 saturated carbocycles. The topological polar surface area (TPSA) is 111 Å². The molecule has 0 aromatic heterocycles. The van der Waals surface area contributed by atoms with Crippen LogP contribution in [0.25, 0.3) is 0 Å². The first kappa shape index (κ1) is 21.7. The Hall–Kier alpha value is -2.57. The smallest absolute Gasteiger partial charge is 0.238 e. The Morgan fingerprint density at radius 3 is 2.32 bits per heavy atom. The Bertz CT molecular complexity index is 656. The van der Waals surface area contributed by atoms with E-state index in [2.05, 4.69) is 22.8 Å². The Kier molecular flexibility index (Phi) is 8.29. The van der Waals surface area contributed by atoms with Crippen molar-refractivity contribution < 1.29 is 9.59 Å². The van der Waals surface area contributed by atoms with Gasteiger partial charge in [0, 0.05) is 26.7 Å². The minimum atomic E-state index is -0.914. The fourth-order valence-corrected chi connectivity index (χ4v) is 3.77. The van der Waals surface area contributed by atoms with Gasteiger partial charge in [0.05, 0.1) is 0 Å². The van der Waals surface area contributed by atoms with Crippen molar-refractivity contribution in [2.45, 2.75) is 44.9 Å². The van der Waals surface area contributed by atoms with Crippen LogP contribution >= 0.6 is 0 Å². The Balaban J connectivity index is 1.85. The molecule has 0 aliphatic heterocycles. The monoisotopic (exact) mass is 387 g/mol. The van der Waals surface area contributed by atoms with Crippen molar-refractivity contribution >= 4 is 17.8 Å². The highest BCUT2D eigenvalue weighted by atomic mass is 16.2. The number of benzene rings is 1. The second-order valence-electron chi connectivity index (χ2n) is 7.55. The number of likely N-dealkylation sites (N-methyl/N-ethyl adjacent to an activating group) is 1. The van der Waals surface area contributed by atoms with Crippen LogP contribution in [0.15, 0.2) is 30.3 Å². The first-order valence-electron chi connectivity index (χ1n) is 10.1. The van der Waals surface area contributed by atoms with Gasteiger partial charge in [-0.05, 0) is 37.7 Å². The zero-order valence-electron chi connectivity index (χ0n) is 16.8. The van der Waals surface area contributed by atoms with E-state index < -0.39 is 5.41 Å². The lowest BCUT2D eigenvalue weighted by Gasteiger charge is -2.31. The summed E-state index contributed by atoms with van der Waals surface area (Å²) in [5.41, 5.74) is 5.51. The summed E-state index contributed by atoms with van der Waals surface area (Å²) in [7, 11) is 1.80. The molecule has 2 rings (SSSR count). The van der Waals surface area contributed by atoms with E-state index in [-0.39, 0.29) is 17.8 Å². The van der Waals surface area contributed by atoms with Gasteiger partial charge in [0.15, 0.2) is 5.96 Å². The molecule has 0 saturated heterocycles. The lowest BCUT2D eigenvalue weighted by Crippen LogP contribution is -2.51. The first-order chi connectivity index (χ1) is 13.5. The van der Waals surface area contributed by atoms with Gasteiger partial charge < -0.3 is 21.3 Å². The third-order valence-corrected chi connectivity index (χ3v) is 5.43. The molecule has 7 nitrogen and oxygen atoms in total. The van der Waals surface area contributed by atoms with Crippen LogP contribution < -0.4 is 16.4 Å². The maximum atomic E-state index is 13.2. The summed E-state index contributed by atoms with van der Waals surface area (Å²) in [4.78, 5) is 27.8. The molecule has 5 N–H and O–H groups in total. The van der Waals surface area contributed by atoms with E-state index in [0.717, 1.165) is 32.1 Å². The van der Waals surface area contributed by atoms with Crippen molar-refractivity contribution in [2.24, 2.45) is 11.1 Å². The van der Waals surface area contributed by atoms with E-state index in [1.807, 2.05) is 18.2 Å². The van der Waals surface area contributed by atoms with E-state index in [9.17, 15) is 9.59 Å². The van der Waals surface area contributed by atoms with Gasteiger partial charge in [-0.15, -0.1) is 0 Å². The molecule has 154 valence electrons. The standard InChI is InChI=1S/C21H33N5O2/c1-26(16-11-17-9-3-2-4-10-17)19(28)21(12-5-6-13-21)18(27)24-14-7-8-15-25-20(22)23/h2-4,9-10H,5-8,11-16H2,1H3,(H,24,27)(H4,22,23,25). The molecule has 7 heteroatoms. The van der Waals surface area contributed by atoms with Crippen LogP contribution in [0.1, 0.15) is 44.1 Å². The highest BCUT2D eigenvalue weighted by Gasteiger charge is 2.48. The Morgan fingerprint density at radius 1 is 1.11 bits per heavy atom. The molecule has 0 unspecified atom stereocenters. The van der Waals surface area contributed by atoms with Crippen molar-refractivity contribution in [3.05, 3.63) is 35.9 Å². The van der Waals surface area contributed by atoms with Gasteiger partial charge in [-0.25, -0.2) is 0 Å². The molecule has 2 amide bonds. The molecule has 1 fully saturated rings. The molecule has 0 radical (unpaired) electrons. The predicted octanol–water partition coefficient (Wildman–Crippen LogP) is 1.63. The van der Waals surface area contributed by atoms with Gasteiger partial charge >= 0.3 is 0 Å². The largest absolute Gasteiger partial charge is 0.370 e. The van der Waals surface area contributed by atoms with Gasteiger partial charge in [-0.1, -0.05) is 43.2 Å². The lowest BCUT2D eigenvalue weighted by molar-refractivity contribution is -0.149. The van der Waals surface area contributed by atoms with Crippen LogP contribution in [0, 0.1) is 10.8 Å². The van der Waals surface area contributed by atoms with E-state index >= 15 is 0 Å². The average Bonchev–Trinajstić information content (AvgIpc) is 3.19. The van der Waals surface area contributed by atoms with E-state index in [1.165, 1.54) is 5.56 Å². The highest BCUT2D eigenvalue weighted by molar-refractivity contribution is 6.05. The van der Waals surface area contributed by atoms with Crippen molar-refractivity contribution in [3.63, 3.8) is 0 Å². The Morgan fingerprint density at radius 2 is 1.71 bits per heavy atom. The van der Waals surface area contributed by atoms with Crippen LogP contribution in [0.5, 0.6) is 0 Å². The van der Waals surface area contributed by atoms with E-state index in [1.54, 1.807) is 11.9 Å². The Labute approximate surface area is 167 Å². The summed E-state index contributed by atoms with van der Waals surface area (Å²) in [6, 6.07) is 10.1. The number of unbranched alkanes of at least 4 members (excludes halogenated alkanes) is 1. The first-order valence-corrected chi connectivity index (χ1v) is 10.1. The maximum Gasteiger partial charge on any atom is 0.238 e.